The van der Waals surface area contributed by atoms with Gasteiger partial charge in [-0.25, -0.2) is 9.98 Å². The Balaban J connectivity index is 1.14. The average molecular weight is 798 g/mol. The summed E-state index contributed by atoms with van der Waals surface area (Å²) in [7, 11) is 0. The third-order valence-corrected chi connectivity index (χ3v) is 13.6. The molecule has 0 saturated carbocycles. The Morgan fingerprint density at radius 1 is 0.492 bits per heavy atom. The molecule has 0 radical (unpaired) electrons. The lowest BCUT2D eigenvalue weighted by Gasteiger charge is -2.20. The molecule has 1 unspecified atom stereocenters. The summed E-state index contributed by atoms with van der Waals surface area (Å²) in [6.07, 6.45) is 3.14. The molecular formula is C57H39N3S. The van der Waals surface area contributed by atoms with Crippen LogP contribution in [0.4, 0.5) is 0 Å². The predicted molar refractivity (Wildman–Crippen MR) is 262 cm³/mol. The number of aliphatic imine (C=N–C) groups is 2. The zero-order chi connectivity index (χ0) is 40.4. The number of allylic oxidation sites excluding steroid dienone is 1. The van der Waals surface area contributed by atoms with Crippen LogP contribution < -0.4 is 0 Å². The van der Waals surface area contributed by atoms with Gasteiger partial charge in [0, 0.05) is 48.9 Å². The first-order valence-electron chi connectivity index (χ1n) is 21.0. The fourth-order valence-electron chi connectivity index (χ4n) is 9.47. The van der Waals surface area contributed by atoms with Gasteiger partial charge in [-0.2, -0.15) is 0 Å². The molecule has 4 heteroatoms. The van der Waals surface area contributed by atoms with E-state index in [-0.39, 0.29) is 5.92 Å². The Morgan fingerprint density at radius 3 is 2.03 bits per heavy atom. The highest BCUT2D eigenvalue weighted by molar-refractivity contribution is 7.26. The molecule has 288 valence electrons. The topological polar surface area (TPSA) is 29.6 Å². The Morgan fingerprint density at radius 2 is 1.16 bits per heavy atom. The van der Waals surface area contributed by atoms with Crippen molar-refractivity contribution in [2.75, 3.05) is 0 Å². The van der Waals surface area contributed by atoms with Crippen LogP contribution in [0.15, 0.2) is 210 Å². The number of fused-ring (bicyclic) bond motifs is 8. The highest BCUT2D eigenvalue weighted by Gasteiger charge is 2.24. The van der Waals surface area contributed by atoms with Crippen molar-refractivity contribution in [1.29, 1.82) is 0 Å². The van der Waals surface area contributed by atoms with Crippen molar-refractivity contribution in [2.24, 2.45) is 15.9 Å². The number of amidine groups is 1. The number of thiophene rings is 1. The quantitative estimate of drug-likeness (QED) is 0.166. The molecule has 9 aromatic carbocycles. The molecule has 0 saturated heterocycles. The second kappa shape index (κ2) is 14.4. The minimum Gasteiger partial charge on any atom is -0.308 e. The van der Waals surface area contributed by atoms with Gasteiger partial charge in [-0.3, -0.25) is 0 Å². The first-order valence-corrected chi connectivity index (χ1v) is 21.9. The van der Waals surface area contributed by atoms with Crippen molar-refractivity contribution >= 4 is 92.1 Å². The molecule has 61 heavy (non-hydrogen) atoms. The van der Waals surface area contributed by atoms with Gasteiger partial charge in [-0.15, -0.1) is 11.3 Å². The number of hydrogen-bond acceptors (Lipinski definition) is 3. The summed E-state index contributed by atoms with van der Waals surface area (Å²) in [5.41, 5.74) is 11.1. The lowest BCUT2D eigenvalue weighted by atomic mass is 9.90. The second-order valence-corrected chi connectivity index (χ2v) is 17.2. The van der Waals surface area contributed by atoms with Gasteiger partial charge in [0.2, 0.25) is 0 Å². The summed E-state index contributed by atoms with van der Waals surface area (Å²) in [6.45, 7) is 2.31. The standard InChI is InChI=1S/C57H39N3S/c1-36-29-31-49(42-22-13-21-39(33-42)37-15-3-2-4-16-37)58-57(59-55(36)45-26-14-20-38-17-7-8-23-43(38)45)47-30-32-51(56-54(47)46-25-10-12-28-53(46)61-56)60-50-27-11-9-24-44(50)48-34-40-18-5-6-19-41(40)35-52(48)60/h2-28,30-36H,29H2,1H3/b49-31+,58-57?,59-55?. The van der Waals surface area contributed by atoms with E-state index < -0.39 is 0 Å². The number of benzene rings is 9. The summed E-state index contributed by atoms with van der Waals surface area (Å²) in [4.78, 5) is 11.4. The van der Waals surface area contributed by atoms with E-state index in [0.29, 0.717) is 0 Å². The minimum absolute atomic E-state index is 0.130. The monoisotopic (exact) mass is 797 g/mol. The maximum Gasteiger partial charge on any atom is 0.160 e. The van der Waals surface area contributed by atoms with Gasteiger partial charge in [-0.05, 0) is 81.6 Å². The normalized spacial score (nSPS) is 15.6. The summed E-state index contributed by atoms with van der Waals surface area (Å²) in [6, 6.07) is 70.3. The third-order valence-electron chi connectivity index (χ3n) is 12.4. The predicted octanol–water partition coefficient (Wildman–Crippen LogP) is 15.4. The lowest BCUT2D eigenvalue weighted by molar-refractivity contribution is 0.791. The van der Waals surface area contributed by atoms with Crippen LogP contribution in [0.25, 0.3) is 86.0 Å². The summed E-state index contributed by atoms with van der Waals surface area (Å²) in [5.74, 6) is 0.851. The van der Waals surface area contributed by atoms with Gasteiger partial charge in [0.25, 0.3) is 0 Å². The van der Waals surface area contributed by atoms with Crippen molar-refractivity contribution in [3.05, 3.63) is 217 Å². The van der Waals surface area contributed by atoms with Crippen LogP contribution in [-0.2, 0) is 0 Å². The SMILES string of the molecule is CC1C/C=C(\c2cccc(-c3ccccc3)c2)N=C(c2ccc(-n3c4ccccc4c4cc5ccccc5cc43)c3sc4ccccc4c23)N=C1c1cccc2ccccc12. The molecule has 2 aromatic heterocycles. The van der Waals surface area contributed by atoms with E-state index in [2.05, 4.69) is 212 Å². The first-order chi connectivity index (χ1) is 30.2. The zero-order valence-corrected chi connectivity index (χ0v) is 34.4. The lowest BCUT2D eigenvalue weighted by Crippen LogP contribution is -2.17. The first kappa shape index (κ1) is 35.5. The van der Waals surface area contributed by atoms with Crippen LogP contribution in [0.3, 0.4) is 0 Å². The Labute approximate surface area is 357 Å². The van der Waals surface area contributed by atoms with Gasteiger partial charge in [-0.1, -0.05) is 165 Å². The largest absolute Gasteiger partial charge is 0.308 e. The zero-order valence-electron chi connectivity index (χ0n) is 33.6. The molecule has 0 amide bonds. The molecule has 1 aliphatic rings. The molecule has 1 aliphatic heterocycles. The Hall–Kier alpha value is -7.40. The molecular weight excluding hydrogens is 759 g/mol. The molecule has 11 aromatic rings. The Bertz CT molecular complexity index is 3630. The molecule has 12 rings (SSSR count). The third kappa shape index (κ3) is 5.94. The van der Waals surface area contributed by atoms with Gasteiger partial charge in [0.05, 0.1) is 32.8 Å². The van der Waals surface area contributed by atoms with Crippen LogP contribution in [-0.4, -0.2) is 16.1 Å². The number of nitrogens with zero attached hydrogens (tertiary/aromatic N) is 3. The molecule has 3 nitrogen and oxygen atoms in total. The maximum atomic E-state index is 5.75. The summed E-state index contributed by atoms with van der Waals surface area (Å²) in [5, 5.41) is 9.77. The van der Waals surface area contributed by atoms with E-state index in [1.807, 2.05) is 11.3 Å². The fraction of sp³-hybridized carbons (Fsp3) is 0.0526. The highest BCUT2D eigenvalue weighted by atomic mass is 32.1. The van der Waals surface area contributed by atoms with E-state index in [1.54, 1.807) is 0 Å². The van der Waals surface area contributed by atoms with E-state index in [9.17, 15) is 0 Å². The summed E-state index contributed by atoms with van der Waals surface area (Å²) >= 11 is 1.85. The van der Waals surface area contributed by atoms with Crippen LogP contribution in [0, 0.1) is 5.92 Å². The van der Waals surface area contributed by atoms with Crippen LogP contribution in [0.5, 0.6) is 0 Å². The maximum absolute atomic E-state index is 5.75. The van der Waals surface area contributed by atoms with E-state index in [4.69, 9.17) is 9.98 Å². The van der Waals surface area contributed by atoms with Crippen LogP contribution in [0.1, 0.15) is 30.0 Å². The van der Waals surface area contributed by atoms with Gasteiger partial charge in [0.15, 0.2) is 5.84 Å². The molecule has 0 fully saturated rings. The van der Waals surface area contributed by atoms with E-state index in [1.165, 1.54) is 74.6 Å². The van der Waals surface area contributed by atoms with Gasteiger partial charge >= 0.3 is 0 Å². The smallest absolute Gasteiger partial charge is 0.160 e. The number of hydrogen-bond donors (Lipinski definition) is 0. The molecule has 0 N–H and O–H groups in total. The second-order valence-electron chi connectivity index (χ2n) is 16.1. The highest BCUT2D eigenvalue weighted by Crippen LogP contribution is 2.44. The van der Waals surface area contributed by atoms with Crippen molar-refractivity contribution in [3.63, 3.8) is 0 Å². The van der Waals surface area contributed by atoms with Crippen molar-refractivity contribution in [3.8, 4) is 16.8 Å². The van der Waals surface area contributed by atoms with Gasteiger partial charge in [0.1, 0.15) is 0 Å². The van der Waals surface area contributed by atoms with Crippen molar-refractivity contribution < 1.29 is 0 Å². The number of aromatic nitrogens is 1. The number of para-hydroxylation sites is 1. The van der Waals surface area contributed by atoms with Crippen molar-refractivity contribution in [2.45, 2.75) is 13.3 Å². The molecule has 3 heterocycles. The molecule has 0 aliphatic carbocycles. The minimum atomic E-state index is 0.130. The van der Waals surface area contributed by atoms with Crippen LogP contribution in [0.2, 0.25) is 0 Å². The van der Waals surface area contributed by atoms with E-state index >= 15 is 0 Å². The molecule has 1 atom stereocenters. The van der Waals surface area contributed by atoms with Crippen molar-refractivity contribution in [1.82, 2.24) is 4.57 Å². The van der Waals surface area contributed by atoms with Crippen LogP contribution >= 0.6 is 11.3 Å². The van der Waals surface area contributed by atoms with Gasteiger partial charge < -0.3 is 4.57 Å². The average Bonchev–Trinajstić information content (AvgIpc) is 3.86. The summed E-state index contributed by atoms with van der Waals surface area (Å²) < 4.78 is 4.93. The Kier molecular flexibility index (Phi) is 8.39. The fourth-order valence-corrected chi connectivity index (χ4v) is 10.7. The number of rotatable bonds is 5. The molecule has 0 bridgehead atoms. The van der Waals surface area contributed by atoms with E-state index in [0.717, 1.165) is 46.0 Å². The molecule has 0 spiro atoms.